The number of rotatable bonds is 3. The molecule has 0 unspecified atom stereocenters. The number of pyridine rings is 1. The first-order chi connectivity index (χ1) is 11.7. The number of carboxylic acids is 1. The summed E-state index contributed by atoms with van der Waals surface area (Å²) in [6.07, 6.45) is 3.55. The molecule has 2 aromatic heterocycles. The van der Waals surface area contributed by atoms with Crippen molar-refractivity contribution in [3.63, 3.8) is 0 Å². The summed E-state index contributed by atoms with van der Waals surface area (Å²) in [5.74, 6) is -0.934. The Bertz CT molecular complexity index is 1040. The molecule has 2 heterocycles. The van der Waals surface area contributed by atoms with Gasteiger partial charge in [-0.2, -0.15) is 0 Å². The summed E-state index contributed by atoms with van der Waals surface area (Å²) in [6, 6.07) is 21.0. The summed E-state index contributed by atoms with van der Waals surface area (Å²) >= 11 is 0. The van der Waals surface area contributed by atoms with Crippen molar-refractivity contribution < 1.29 is 9.90 Å². The molecule has 0 fully saturated rings. The number of nitrogens with zero attached hydrogens (tertiary/aromatic N) is 2. The van der Waals surface area contributed by atoms with E-state index in [2.05, 4.69) is 15.6 Å². The van der Waals surface area contributed by atoms with Gasteiger partial charge >= 0.3 is 5.97 Å². The molecule has 1 N–H and O–H groups in total. The zero-order chi connectivity index (χ0) is 16.5. The van der Waals surface area contributed by atoms with Crippen molar-refractivity contribution in [2.24, 2.45) is 0 Å². The van der Waals surface area contributed by atoms with Gasteiger partial charge in [0.15, 0.2) is 0 Å². The fourth-order valence-corrected chi connectivity index (χ4v) is 2.94. The summed E-state index contributed by atoms with van der Waals surface area (Å²) in [5, 5.41) is 10.4. The lowest BCUT2D eigenvalue weighted by Crippen LogP contribution is -2.01. The molecule has 0 aliphatic heterocycles. The van der Waals surface area contributed by atoms with Gasteiger partial charge in [-0.3, -0.25) is 4.98 Å². The van der Waals surface area contributed by atoms with Gasteiger partial charge in [0.25, 0.3) is 0 Å². The van der Waals surface area contributed by atoms with Crippen LogP contribution in [-0.2, 0) is 0 Å². The lowest BCUT2D eigenvalue weighted by Gasteiger charge is -2.11. The molecule has 2 aromatic carbocycles. The first kappa shape index (κ1) is 14.2. The largest absolute Gasteiger partial charge is 0.478 e. The molecule has 0 amide bonds. The Kier molecular flexibility index (Phi) is 3.35. The maximum Gasteiger partial charge on any atom is 0.335 e. The van der Waals surface area contributed by atoms with Gasteiger partial charge in [0.2, 0.25) is 0 Å². The number of fused-ring (bicyclic) bond motifs is 1. The molecule has 4 aromatic rings. The Morgan fingerprint density at radius 3 is 2.62 bits per heavy atom. The van der Waals surface area contributed by atoms with Crippen LogP contribution in [0, 0.1) is 0 Å². The number of benzene rings is 2. The number of carbonyl (C=O) groups is 1. The first-order valence-electron chi connectivity index (χ1n) is 7.59. The molecule has 24 heavy (non-hydrogen) atoms. The third-order valence-electron chi connectivity index (χ3n) is 4.02. The molecule has 0 aliphatic rings. The van der Waals surface area contributed by atoms with Crippen LogP contribution in [0.15, 0.2) is 79.1 Å². The van der Waals surface area contributed by atoms with Gasteiger partial charge in [0.05, 0.1) is 16.8 Å². The van der Waals surface area contributed by atoms with Gasteiger partial charge in [0.1, 0.15) is 0 Å². The van der Waals surface area contributed by atoms with Gasteiger partial charge in [-0.1, -0.05) is 24.3 Å². The van der Waals surface area contributed by atoms with Crippen molar-refractivity contribution in [2.45, 2.75) is 0 Å². The second-order valence-electron chi connectivity index (χ2n) is 5.52. The highest BCUT2D eigenvalue weighted by Crippen LogP contribution is 2.31. The van der Waals surface area contributed by atoms with E-state index in [-0.39, 0.29) is 5.56 Å². The molecule has 0 aliphatic carbocycles. The van der Waals surface area contributed by atoms with E-state index >= 15 is 0 Å². The number of para-hydroxylation sites is 1. The summed E-state index contributed by atoms with van der Waals surface area (Å²) < 4.78 is 2.07. The number of aromatic nitrogens is 2. The van der Waals surface area contributed by atoms with Crippen LogP contribution in [0.25, 0.3) is 27.8 Å². The van der Waals surface area contributed by atoms with Crippen LogP contribution >= 0.6 is 0 Å². The summed E-state index contributed by atoms with van der Waals surface area (Å²) in [7, 11) is 0. The van der Waals surface area contributed by atoms with Crippen molar-refractivity contribution in [3.05, 3.63) is 84.7 Å². The third kappa shape index (κ3) is 2.34. The van der Waals surface area contributed by atoms with Crippen molar-refractivity contribution in [1.29, 1.82) is 0 Å². The number of carboxylic acid groups (broad SMARTS) is 1. The molecule has 0 bridgehead atoms. The quantitative estimate of drug-likeness (QED) is 0.610. The number of hydrogen-bond acceptors (Lipinski definition) is 2. The maximum absolute atomic E-state index is 11.3. The smallest absolute Gasteiger partial charge is 0.335 e. The highest BCUT2D eigenvalue weighted by molar-refractivity contribution is 5.91. The van der Waals surface area contributed by atoms with Gasteiger partial charge in [-0.25, -0.2) is 4.79 Å². The van der Waals surface area contributed by atoms with Crippen molar-refractivity contribution in [1.82, 2.24) is 9.55 Å². The topological polar surface area (TPSA) is 55.1 Å². The van der Waals surface area contributed by atoms with Gasteiger partial charge in [-0.05, 0) is 42.5 Å². The number of aromatic carboxylic acids is 1. The molecule has 0 saturated carbocycles. The summed E-state index contributed by atoms with van der Waals surface area (Å²) in [4.78, 5) is 15.5. The second-order valence-corrected chi connectivity index (χ2v) is 5.52. The minimum absolute atomic E-state index is 0.266. The van der Waals surface area contributed by atoms with Crippen LogP contribution in [0.2, 0.25) is 0 Å². The van der Waals surface area contributed by atoms with Crippen LogP contribution < -0.4 is 0 Å². The monoisotopic (exact) mass is 314 g/mol. The maximum atomic E-state index is 11.3. The molecule has 0 radical (unpaired) electrons. The SMILES string of the molecule is O=C(O)c1cccc(-n2c(-c3cccnc3)cc3ccccc32)c1. The van der Waals surface area contributed by atoms with Gasteiger partial charge in [0, 0.05) is 29.0 Å². The fraction of sp³-hybridized carbons (Fsp3) is 0. The average Bonchev–Trinajstić information content (AvgIpc) is 3.02. The van der Waals surface area contributed by atoms with E-state index in [4.69, 9.17) is 0 Å². The molecule has 4 rings (SSSR count). The minimum atomic E-state index is -0.934. The van der Waals surface area contributed by atoms with Crippen LogP contribution in [0.4, 0.5) is 0 Å². The molecular weight excluding hydrogens is 300 g/mol. The Balaban J connectivity index is 2.03. The van der Waals surface area contributed by atoms with E-state index < -0.39 is 5.97 Å². The zero-order valence-electron chi connectivity index (χ0n) is 12.8. The van der Waals surface area contributed by atoms with E-state index in [9.17, 15) is 9.90 Å². The zero-order valence-corrected chi connectivity index (χ0v) is 12.8. The standard InChI is InChI=1S/C20H14N2O2/c23-20(24)15-6-3-8-17(11-15)22-18-9-2-1-5-14(18)12-19(22)16-7-4-10-21-13-16/h1-13H,(H,23,24). The summed E-state index contributed by atoms with van der Waals surface area (Å²) in [5.41, 5.74) is 4.07. The van der Waals surface area contributed by atoms with Crippen LogP contribution in [-0.4, -0.2) is 20.6 Å². The predicted molar refractivity (Wildman–Crippen MR) is 93.5 cm³/mol. The van der Waals surface area contributed by atoms with Gasteiger partial charge < -0.3 is 9.67 Å². The lowest BCUT2D eigenvalue weighted by molar-refractivity contribution is 0.0697. The molecular formula is C20H14N2O2. The highest BCUT2D eigenvalue weighted by Gasteiger charge is 2.13. The molecule has 0 saturated heterocycles. The van der Waals surface area contributed by atoms with E-state index in [1.165, 1.54) is 0 Å². The predicted octanol–water partition coefficient (Wildman–Crippen LogP) is 4.39. The number of hydrogen-bond donors (Lipinski definition) is 1. The molecule has 116 valence electrons. The van der Waals surface area contributed by atoms with E-state index in [0.717, 1.165) is 27.8 Å². The minimum Gasteiger partial charge on any atom is -0.478 e. The van der Waals surface area contributed by atoms with Crippen molar-refractivity contribution >= 4 is 16.9 Å². The molecule has 4 heteroatoms. The summed E-state index contributed by atoms with van der Waals surface area (Å²) in [6.45, 7) is 0. The highest BCUT2D eigenvalue weighted by atomic mass is 16.4. The van der Waals surface area contributed by atoms with E-state index in [1.807, 2.05) is 48.7 Å². The first-order valence-corrected chi connectivity index (χ1v) is 7.59. The van der Waals surface area contributed by atoms with Gasteiger partial charge in [-0.15, -0.1) is 0 Å². The second kappa shape index (κ2) is 5.66. The molecule has 0 spiro atoms. The molecule has 0 atom stereocenters. The third-order valence-corrected chi connectivity index (χ3v) is 4.02. The fourth-order valence-electron chi connectivity index (χ4n) is 2.94. The Morgan fingerprint density at radius 2 is 1.83 bits per heavy atom. The molecule has 4 nitrogen and oxygen atoms in total. The Morgan fingerprint density at radius 1 is 0.958 bits per heavy atom. The average molecular weight is 314 g/mol. The van der Waals surface area contributed by atoms with Crippen molar-refractivity contribution in [3.8, 4) is 16.9 Å². The normalized spacial score (nSPS) is 10.8. The Labute approximate surface area is 138 Å². The lowest BCUT2D eigenvalue weighted by atomic mass is 10.1. The van der Waals surface area contributed by atoms with Crippen LogP contribution in [0.1, 0.15) is 10.4 Å². The van der Waals surface area contributed by atoms with E-state index in [1.54, 1.807) is 24.4 Å². The van der Waals surface area contributed by atoms with Crippen LogP contribution in [0.5, 0.6) is 0 Å². The van der Waals surface area contributed by atoms with Crippen molar-refractivity contribution in [2.75, 3.05) is 0 Å². The van der Waals surface area contributed by atoms with E-state index in [0.29, 0.717) is 0 Å². The Hall–Kier alpha value is -3.40. The van der Waals surface area contributed by atoms with Crippen LogP contribution in [0.3, 0.4) is 0 Å².